The number of nitrogens with zero attached hydrogens (tertiary/aromatic N) is 2. The molecule has 1 atom stereocenters. The first-order valence-corrected chi connectivity index (χ1v) is 9.57. The number of pyridine rings is 2. The smallest absolute Gasteiger partial charge is 0.260 e. The minimum absolute atomic E-state index is 0.178. The van der Waals surface area contributed by atoms with Gasteiger partial charge in [0.25, 0.3) is 11.5 Å². The molecule has 0 spiro atoms. The summed E-state index contributed by atoms with van der Waals surface area (Å²) in [6.07, 6.45) is 4.85. The Kier molecular flexibility index (Phi) is 5.14. The summed E-state index contributed by atoms with van der Waals surface area (Å²) in [6, 6.07) is 12.8. The van der Waals surface area contributed by atoms with E-state index >= 15 is 0 Å². The van der Waals surface area contributed by atoms with Gasteiger partial charge in [-0.25, -0.2) is 4.39 Å². The Morgan fingerprint density at radius 2 is 1.93 bits per heavy atom. The minimum Gasteiger partial charge on any atom is -0.346 e. The zero-order chi connectivity index (χ0) is 21.3. The van der Waals surface area contributed by atoms with Crippen molar-refractivity contribution in [3.8, 4) is 0 Å². The first-order chi connectivity index (χ1) is 14.5. The normalized spacial score (nSPS) is 12.1. The fraction of sp³-hybridized carbons (Fsp3) is 0.125. The maximum absolute atomic E-state index is 13.1. The van der Waals surface area contributed by atoms with E-state index in [9.17, 15) is 14.0 Å². The Labute approximate surface area is 172 Å². The molecular weight excluding hydrogens is 381 g/mol. The largest absolute Gasteiger partial charge is 0.346 e. The van der Waals surface area contributed by atoms with Gasteiger partial charge in [-0.3, -0.25) is 14.6 Å². The number of aromatic nitrogens is 2. The molecule has 150 valence electrons. The van der Waals surface area contributed by atoms with Crippen LogP contribution in [0.2, 0.25) is 0 Å². The Hall–Kier alpha value is -3.80. The van der Waals surface area contributed by atoms with Crippen molar-refractivity contribution in [1.82, 2.24) is 14.9 Å². The van der Waals surface area contributed by atoms with Crippen molar-refractivity contribution in [2.75, 3.05) is 0 Å². The average molecular weight is 401 g/mol. The van der Waals surface area contributed by atoms with Gasteiger partial charge in [0.1, 0.15) is 5.82 Å². The highest BCUT2D eigenvalue weighted by Crippen LogP contribution is 2.24. The van der Waals surface area contributed by atoms with E-state index in [1.54, 1.807) is 53.4 Å². The Bertz CT molecular complexity index is 1330. The van der Waals surface area contributed by atoms with Crippen LogP contribution < -0.4 is 10.9 Å². The van der Waals surface area contributed by atoms with E-state index in [1.165, 1.54) is 12.1 Å². The van der Waals surface area contributed by atoms with Crippen LogP contribution >= 0.6 is 0 Å². The zero-order valence-electron chi connectivity index (χ0n) is 16.4. The molecule has 4 aromatic rings. The molecule has 0 aliphatic carbocycles. The second-order valence-corrected chi connectivity index (χ2v) is 7.10. The van der Waals surface area contributed by atoms with Crippen LogP contribution in [0.15, 0.2) is 78.4 Å². The van der Waals surface area contributed by atoms with Crippen molar-refractivity contribution in [2.45, 2.75) is 19.5 Å². The van der Waals surface area contributed by atoms with Crippen molar-refractivity contribution >= 4 is 27.6 Å². The van der Waals surface area contributed by atoms with Gasteiger partial charge in [-0.15, -0.1) is 6.58 Å². The standard InChI is InChI=1S/C24H20FN3O2/c1-3-12-28-22-13-17(23(29)27-15(2)16-4-7-18(25)8-5-16)6-9-20(22)19-10-11-26-14-21(19)24(28)30/h3-11,13-15H,1,12H2,2H3,(H,27,29). The van der Waals surface area contributed by atoms with E-state index in [0.717, 1.165) is 16.3 Å². The Morgan fingerprint density at radius 1 is 1.17 bits per heavy atom. The topological polar surface area (TPSA) is 64.0 Å². The predicted octanol–water partition coefficient (Wildman–Crippen LogP) is 4.37. The summed E-state index contributed by atoms with van der Waals surface area (Å²) in [5, 5.41) is 5.09. The quantitative estimate of drug-likeness (QED) is 0.399. The molecule has 0 aliphatic rings. The number of allylic oxidation sites excluding steroid dienone is 1. The van der Waals surface area contributed by atoms with Crippen molar-refractivity contribution in [1.29, 1.82) is 0 Å². The summed E-state index contributed by atoms with van der Waals surface area (Å²) < 4.78 is 14.7. The molecule has 2 aromatic carbocycles. The van der Waals surface area contributed by atoms with Gasteiger partial charge in [-0.2, -0.15) is 0 Å². The molecule has 0 aliphatic heterocycles. The lowest BCUT2D eigenvalue weighted by molar-refractivity contribution is 0.0940. The maximum atomic E-state index is 13.1. The third-order valence-corrected chi connectivity index (χ3v) is 5.17. The van der Waals surface area contributed by atoms with Crippen LogP contribution in [0, 0.1) is 5.82 Å². The van der Waals surface area contributed by atoms with E-state index in [0.29, 0.717) is 23.0 Å². The van der Waals surface area contributed by atoms with Gasteiger partial charge < -0.3 is 9.88 Å². The molecule has 0 radical (unpaired) electrons. The lowest BCUT2D eigenvalue weighted by Gasteiger charge is -2.16. The van der Waals surface area contributed by atoms with Gasteiger partial charge in [0.05, 0.1) is 16.9 Å². The second kappa shape index (κ2) is 7.91. The summed E-state index contributed by atoms with van der Waals surface area (Å²) in [5.41, 5.74) is 1.71. The van der Waals surface area contributed by atoms with Crippen LogP contribution in [0.5, 0.6) is 0 Å². The molecule has 5 nitrogen and oxygen atoms in total. The first kappa shape index (κ1) is 19.5. The third-order valence-electron chi connectivity index (χ3n) is 5.17. The summed E-state index contributed by atoms with van der Waals surface area (Å²) in [5.74, 6) is -0.601. The monoisotopic (exact) mass is 401 g/mol. The molecule has 0 fully saturated rings. The first-order valence-electron chi connectivity index (χ1n) is 9.57. The van der Waals surface area contributed by atoms with Gasteiger partial charge >= 0.3 is 0 Å². The van der Waals surface area contributed by atoms with E-state index < -0.39 is 0 Å². The molecule has 1 amide bonds. The molecule has 0 saturated heterocycles. The number of rotatable bonds is 5. The fourth-order valence-corrected chi connectivity index (χ4v) is 3.60. The van der Waals surface area contributed by atoms with Crippen LogP contribution in [0.4, 0.5) is 4.39 Å². The summed E-state index contributed by atoms with van der Waals surface area (Å²) in [4.78, 5) is 29.9. The van der Waals surface area contributed by atoms with Gasteiger partial charge in [-0.1, -0.05) is 24.3 Å². The van der Waals surface area contributed by atoms with Gasteiger partial charge in [0, 0.05) is 29.9 Å². The van der Waals surface area contributed by atoms with Crippen molar-refractivity contribution in [2.24, 2.45) is 0 Å². The highest BCUT2D eigenvalue weighted by atomic mass is 19.1. The molecule has 2 heterocycles. The summed E-state index contributed by atoms with van der Waals surface area (Å²) in [7, 11) is 0. The van der Waals surface area contributed by atoms with Gasteiger partial charge in [0.15, 0.2) is 0 Å². The molecule has 0 saturated carbocycles. The molecule has 1 N–H and O–H groups in total. The molecule has 2 aromatic heterocycles. The summed E-state index contributed by atoms with van der Waals surface area (Å²) in [6.45, 7) is 5.89. The number of amides is 1. The molecular formula is C24H20FN3O2. The predicted molar refractivity (Wildman–Crippen MR) is 116 cm³/mol. The number of benzene rings is 2. The van der Waals surface area contributed by atoms with Crippen LogP contribution in [0.3, 0.4) is 0 Å². The van der Waals surface area contributed by atoms with Crippen molar-refractivity contribution in [3.05, 3.63) is 101 Å². The lowest BCUT2D eigenvalue weighted by atomic mass is 10.0. The summed E-state index contributed by atoms with van der Waals surface area (Å²) >= 11 is 0. The highest BCUT2D eigenvalue weighted by molar-refractivity contribution is 6.07. The van der Waals surface area contributed by atoms with Crippen molar-refractivity contribution in [3.63, 3.8) is 0 Å². The van der Waals surface area contributed by atoms with Crippen LogP contribution in [0.1, 0.15) is 28.9 Å². The van der Waals surface area contributed by atoms with E-state index in [4.69, 9.17) is 0 Å². The van der Waals surface area contributed by atoms with Gasteiger partial charge in [-0.05, 0) is 48.2 Å². The second-order valence-electron chi connectivity index (χ2n) is 7.10. The average Bonchev–Trinajstić information content (AvgIpc) is 2.76. The lowest BCUT2D eigenvalue weighted by Crippen LogP contribution is -2.27. The molecule has 6 heteroatoms. The van der Waals surface area contributed by atoms with E-state index in [-0.39, 0.29) is 23.3 Å². The van der Waals surface area contributed by atoms with Gasteiger partial charge in [0.2, 0.25) is 0 Å². The molecule has 4 rings (SSSR count). The zero-order valence-corrected chi connectivity index (χ0v) is 16.4. The van der Waals surface area contributed by atoms with E-state index in [2.05, 4.69) is 16.9 Å². The number of hydrogen-bond donors (Lipinski definition) is 1. The fourth-order valence-electron chi connectivity index (χ4n) is 3.60. The Morgan fingerprint density at radius 3 is 2.67 bits per heavy atom. The van der Waals surface area contributed by atoms with E-state index in [1.807, 2.05) is 13.0 Å². The number of hydrogen-bond acceptors (Lipinski definition) is 3. The number of halogens is 1. The number of carbonyl (C=O) groups excluding carboxylic acids is 1. The number of carbonyl (C=O) groups is 1. The number of fused-ring (bicyclic) bond motifs is 3. The maximum Gasteiger partial charge on any atom is 0.260 e. The SMILES string of the molecule is C=CCn1c(=O)c2cnccc2c2ccc(C(=O)NC(C)c3ccc(F)cc3)cc21. The van der Waals surface area contributed by atoms with Crippen LogP contribution in [-0.2, 0) is 6.54 Å². The van der Waals surface area contributed by atoms with Crippen LogP contribution in [-0.4, -0.2) is 15.5 Å². The molecule has 1 unspecified atom stereocenters. The third kappa shape index (κ3) is 3.48. The molecule has 0 bridgehead atoms. The van der Waals surface area contributed by atoms with Crippen LogP contribution in [0.25, 0.3) is 21.7 Å². The molecule has 30 heavy (non-hydrogen) atoms. The van der Waals surface area contributed by atoms with Crippen molar-refractivity contribution < 1.29 is 9.18 Å². The number of nitrogens with one attached hydrogen (secondary N) is 1. The highest BCUT2D eigenvalue weighted by Gasteiger charge is 2.15. The minimum atomic E-state index is -0.325. The Balaban J connectivity index is 1.77.